The van der Waals surface area contributed by atoms with Crippen LogP contribution in [0.3, 0.4) is 0 Å². The molecule has 2 heterocycles. The Kier molecular flexibility index (Phi) is 3.15. The molecule has 0 saturated heterocycles. The van der Waals surface area contributed by atoms with Gasteiger partial charge in [-0.25, -0.2) is 4.98 Å². The van der Waals surface area contributed by atoms with Crippen LogP contribution in [0.1, 0.15) is 16.3 Å². The highest BCUT2D eigenvalue weighted by Crippen LogP contribution is 2.05. The summed E-state index contributed by atoms with van der Waals surface area (Å²) in [7, 11) is 0. The summed E-state index contributed by atoms with van der Waals surface area (Å²) in [6.07, 6.45) is 3.15. The molecule has 2 rings (SSSR count). The van der Waals surface area contributed by atoms with Crippen LogP contribution < -0.4 is 11.1 Å². The maximum absolute atomic E-state index is 11.7. The number of anilines is 1. The van der Waals surface area contributed by atoms with E-state index in [1.165, 1.54) is 0 Å². The zero-order valence-corrected chi connectivity index (χ0v) is 9.25. The Bertz CT molecular complexity index is 517. The van der Waals surface area contributed by atoms with E-state index in [0.717, 1.165) is 0 Å². The molecule has 2 aromatic rings. The fourth-order valence-corrected chi connectivity index (χ4v) is 1.26. The first-order valence-electron chi connectivity index (χ1n) is 5.02. The highest BCUT2D eigenvalue weighted by molar-refractivity contribution is 6.01. The van der Waals surface area contributed by atoms with Crippen LogP contribution in [0.15, 0.2) is 17.0 Å². The number of nitrogens with one attached hydrogen (secondary N) is 1. The number of carbonyl (C=O) groups excluding carboxylic acids is 1. The third-order valence-electron chi connectivity index (χ3n) is 2.00. The van der Waals surface area contributed by atoms with Gasteiger partial charge in [0, 0.05) is 19.3 Å². The van der Waals surface area contributed by atoms with Crippen LogP contribution in [-0.4, -0.2) is 32.1 Å². The highest BCUT2D eigenvalue weighted by Gasteiger charge is 2.12. The summed E-state index contributed by atoms with van der Waals surface area (Å²) < 4.78 is 6.49. The smallest absolute Gasteiger partial charge is 0.328 e. The van der Waals surface area contributed by atoms with Crippen molar-refractivity contribution in [2.45, 2.75) is 13.5 Å². The van der Waals surface area contributed by atoms with Crippen molar-refractivity contribution >= 4 is 11.9 Å². The zero-order valence-electron chi connectivity index (χ0n) is 9.25. The van der Waals surface area contributed by atoms with Crippen molar-refractivity contribution < 1.29 is 9.32 Å². The average Bonchev–Trinajstić information content (AvgIpc) is 2.88. The number of hydrogen-bond donors (Lipinski definition) is 2. The topological polar surface area (TPSA) is 112 Å². The molecule has 17 heavy (non-hydrogen) atoms. The lowest BCUT2D eigenvalue weighted by atomic mass is 10.4. The first-order chi connectivity index (χ1) is 8.19. The van der Waals surface area contributed by atoms with E-state index in [4.69, 9.17) is 10.3 Å². The summed E-state index contributed by atoms with van der Waals surface area (Å²) in [6, 6.07) is 0.0564. The first-order valence-corrected chi connectivity index (χ1v) is 5.02. The van der Waals surface area contributed by atoms with E-state index in [2.05, 4.69) is 20.4 Å². The Hall–Kier alpha value is -2.22. The molecule has 1 amide bonds. The number of nitrogens with two attached hydrogens (primary N) is 1. The number of imidazole rings is 1. The summed E-state index contributed by atoms with van der Waals surface area (Å²) in [6.45, 7) is 2.76. The molecule has 8 heteroatoms. The van der Waals surface area contributed by atoms with E-state index in [1.54, 1.807) is 24.0 Å². The lowest BCUT2D eigenvalue weighted by molar-refractivity contribution is 0.101. The summed E-state index contributed by atoms with van der Waals surface area (Å²) in [5.41, 5.74) is 5.66. The third kappa shape index (κ3) is 2.67. The minimum Gasteiger partial charge on any atom is -0.335 e. The molecular weight excluding hydrogens is 224 g/mol. The number of hydrogen-bond acceptors (Lipinski definition) is 6. The van der Waals surface area contributed by atoms with Crippen LogP contribution in [-0.2, 0) is 6.54 Å². The van der Waals surface area contributed by atoms with Gasteiger partial charge in [0.05, 0.1) is 6.33 Å². The molecule has 2 aromatic heterocycles. The van der Waals surface area contributed by atoms with Crippen molar-refractivity contribution in [3.63, 3.8) is 0 Å². The molecule has 0 radical (unpaired) electrons. The van der Waals surface area contributed by atoms with Gasteiger partial charge in [-0.15, -0.1) is 0 Å². The largest absolute Gasteiger partial charge is 0.335 e. The Morgan fingerprint density at radius 1 is 1.65 bits per heavy atom. The third-order valence-corrected chi connectivity index (χ3v) is 2.00. The number of aromatic nitrogens is 4. The lowest BCUT2D eigenvalue weighted by Crippen LogP contribution is -2.13. The van der Waals surface area contributed by atoms with Crippen molar-refractivity contribution in [3.05, 3.63) is 24.0 Å². The molecule has 3 N–H and O–H groups in total. The van der Waals surface area contributed by atoms with Gasteiger partial charge in [0.25, 0.3) is 5.91 Å². The number of carbonyl (C=O) groups is 1. The Balaban J connectivity index is 2.03. The molecule has 0 atom stereocenters. The van der Waals surface area contributed by atoms with Crippen molar-refractivity contribution in [2.75, 3.05) is 11.9 Å². The van der Waals surface area contributed by atoms with Gasteiger partial charge in [-0.3, -0.25) is 10.1 Å². The summed E-state index contributed by atoms with van der Waals surface area (Å²) in [5, 5.41) is 6.00. The van der Waals surface area contributed by atoms with Crippen LogP contribution >= 0.6 is 0 Å². The molecule has 0 aromatic carbocycles. The summed E-state index contributed by atoms with van der Waals surface area (Å²) in [5.74, 6) is 0.0541. The van der Waals surface area contributed by atoms with E-state index in [9.17, 15) is 4.79 Å². The molecular formula is C9H12N6O2. The van der Waals surface area contributed by atoms with Crippen molar-refractivity contribution in [2.24, 2.45) is 5.73 Å². The molecule has 90 valence electrons. The van der Waals surface area contributed by atoms with Gasteiger partial charge < -0.3 is 14.8 Å². The first kappa shape index (κ1) is 11.3. The second kappa shape index (κ2) is 4.74. The summed E-state index contributed by atoms with van der Waals surface area (Å²) in [4.78, 5) is 19.5. The van der Waals surface area contributed by atoms with E-state index in [-0.39, 0.29) is 11.7 Å². The van der Waals surface area contributed by atoms with Crippen LogP contribution in [0.2, 0.25) is 0 Å². The molecule has 0 fully saturated rings. The minimum absolute atomic E-state index is 0.0564. The monoisotopic (exact) mass is 236 g/mol. The van der Waals surface area contributed by atoms with Crippen LogP contribution in [0.25, 0.3) is 0 Å². The van der Waals surface area contributed by atoms with Crippen molar-refractivity contribution in [1.82, 2.24) is 19.7 Å². The maximum atomic E-state index is 11.7. The molecule has 8 nitrogen and oxygen atoms in total. The van der Waals surface area contributed by atoms with Crippen LogP contribution in [0.4, 0.5) is 6.01 Å². The average molecular weight is 236 g/mol. The number of amides is 1. The van der Waals surface area contributed by atoms with Gasteiger partial charge >= 0.3 is 6.01 Å². The van der Waals surface area contributed by atoms with Crippen LogP contribution in [0, 0.1) is 6.92 Å². The van der Waals surface area contributed by atoms with E-state index in [0.29, 0.717) is 18.9 Å². The maximum Gasteiger partial charge on any atom is 0.328 e. The molecule has 0 aliphatic rings. The van der Waals surface area contributed by atoms with Gasteiger partial charge in [-0.1, -0.05) is 5.16 Å². The molecule has 0 aliphatic heterocycles. The quantitative estimate of drug-likeness (QED) is 0.759. The van der Waals surface area contributed by atoms with Gasteiger partial charge in [-0.2, -0.15) is 4.98 Å². The van der Waals surface area contributed by atoms with Gasteiger partial charge in [-0.05, 0) is 6.92 Å². The Labute approximate surface area is 96.8 Å². The fraction of sp³-hybridized carbons (Fsp3) is 0.333. The normalized spacial score (nSPS) is 10.5. The van der Waals surface area contributed by atoms with E-state index in [1.807, 2.05) is 0 Å². The Morgan fingerprint density at radius 3 is 3.12 bits per heavy atom. The van der Waals surface area contributed by atoms with Gasteiger partial charge in [0.1, 0.15) is 5.69 Å². The second-order valence-corrected chi connectivity index (χ2v) is 3.39. The molecule has 0 bridgehead atoms. The van der Waals surface area contributed by atoms with Crippen LogP contribution in [0.5, 0.6) is 0 Å². The molecule has 0 unspecified atom stereocenters. The molecule has 0 spiro atoms. The van der Waals surface area contributed by atoms with E-state index >= 15 is 0 Å². The lowest BCUT2D eigenvalue weighted by Gasteiger charge is -1.96. The number of rotatable bonds is 4. The van der Waals surface area contributed by atoms with Gasteiger partial charge in [0.2, 0.25) is 0 Å². The molecule has 0 saturated carbocycles. The van der Waals surface area contributed by atoms with Gasteiger partial charge in [0.15, 0.2) is 5.82 Å². The van der Waals surface area contributed by atoms with Crippen molar-refractivity contribution in [3.8, 4) is 0 Å². The Morgan fingerprint density at radius 2 is 2.47 bits per heavy atom. The predicted octanol–water partition coefficient (Wildman–Crippen LogP) is -0.214. The second-order valence-electron chi connectivity index (χ2n) is 3.39. The standard InChI is InChI=1S/C9H12N6O2/c1-6-12-9(17-14-6)13-8(16)7-4-15(3-2-10)5-11-7/h4-5H,2-3,10H2,1H3,(H,12,13,14,16). The predicted molar refractivity (Wildman–Crippen MR) is 58.3 cm³/mol. The highest BCUT2D eigenvalue weighted by atomic mass is 16.5. The number of nitrogens with zero attached hydrogens (tertiary/aromatic N) is 4. The fourth-order valence-electron chi connectivity index (χ4n) is 1.26. The number of aryl methyl sites for hydroxylation is 1. The zero-order chi connectivity index (χ0) is 12.3. The van der Waals surface area contributed by atoms with Crippen molar-refractivity contribution in [1.29, 1.82) is 0 Å². The summed E-state index contributed by atoms with van der Waals surface area (Å²) >= 11 is 0. The molecule has 0 aliphatic carbocycles. The SMILES string of the molecule is Cc1noc(NC(=O)c2cn(CCN)cn2)n1. The van der Waals surface area contributed by atoms with E-state index < -0.39 is 5.91 Å². The minimum atomic E-state index is -0.399.